The number of methoxy groups -OCH3 is 3. The summed E-state index contributed by atoms with van der Waals surface area (Å²) >= 11 is 0. The number of piperidine rings is 2. The Hall–Kier alpha value is -4.97. The third kappa shape index (κ3) is 11.8. The van der Waals surface area contributed by atoms with Crippen LogP contribution >= 0.6 is 0 Å². The first kappa shape index (κ1) is 44.1. The molecule has 4 aliphatic heterocycles. The normalized spacial score (nSPS) is 19.0. The number of nitrogens with zero attached hydrogens (tertiary/aromatic N) is 8. The van der Waals surface area contributed by atoms with Crippen LogP contribution in [0.3, 0.4) is 0 Å². The molecule has 2 N–H and O–H groups in total. The van der Waals surface area contributed by atoms with Gasteiger partial charge in [0.05, 0.1) is 36.9 Å². The van der Waals surface area contributed by atoms with E-state index in [0.29, 0.717) is 17.5 Å². The van der Waals surface area contributed by atoms with Gasteiger partial charge in [-0.3, -0.25) is 30.0 Å². The molecule has 17 heteroatoms. The van der Waals surface area contributed by atoms with E-state index in [1.807, 2.05) is 12.1 Å². The molecule has 0 aromatic heterocycles. The fraction of sp³-hybridized carbons (Fsp3) is 0.561. The predicted octanol–water partition coefficient (Wildman–Crippen LogP) is 5.06. The quantitative estimate of drug-likeness (QED) is 0.174. The van der Waals surface area contributed by atoms with Crippen molar-refractivity contribution in [2.24, 2.45) is 0 Å². The van der Waals surface area contributed by atoms with Gasteiger partial charge in [-0.2, -0.15) is 0 Å². The standard InChI is InChI=1S/C17H26N4O3.C17H28N4O.C7H6FNO3/c1-18-9-11-20(12-10-18)14-5-7-19(8-6-14)15-3-4-16(21(22)23)17(13-15)24-2;1-19-9-11-21(12-10-19)14-5-7-20(8-6-14)15-3-4-16(18)17(13-15)22-2;1-12-7-4-5(8)2-3-6(7)9(10)11/h3-4,13-14H,5-12H2,1-2H3;3-4,13-14H,5-12,18H2,1-2H3;2-4H,1H3. The molecule has 318 valence electrons. The highest BCUT2D eigenvalue weighted by atomic mass is 19.1. The maximum Gasteiger partial charge on any atom is 0.311 e. The highest BCUT2D eigenvalue weighted by Gasteiger charge is 2.29. The van der Waals surface area contributed by atoms with Crippen LogP contribution in [0, 0.1) is 26.0 Å². The zero-order valence-corrected chi connectivity index (χ0v) is 34.6. The maximum atomic E-state index is 12.5. The van der Waals surface area contributed by atoms with Crippen LogP contribution in [0.25, 0.3) is 0 Å². The summed E-state index contributed by atoms with van der Waals surface area (Å²) in [7, 11) is 8.80. The number of ether oxygens (including phenoxy) is 3. The molecule has 0 aliphatic carbocycles. The molecule has 0 saturated carbocycles. The number of benzene rings is 3. The number of halogens is 1. The van der Waals surface area contributed by atoms with Gasteiger partial charge in [0.15, 0.2) is 11.5 Å². The number of anilines is 3. The number of rotatable bonds is 9. The Kier molecular flexibility index (Phi) is 16.1. The summed E-state index contributed by atoms with van der Waals surface area (Å²) in [6, 6.07) is 15.7. The number of nitrogens with two attached hydrogens (primary N) is 1. The van der Waals surface area contributed by atoms with Crippen LogP contribution in [-0.4, -0.2) is 155 Å². The molecule has 0 radical (unpaired) electrons. The number of nitro groups is 2. The molecule has 7 rings (SSSR count). The second-order valence-corrected chi connectivity index (χ2v) is 15.2. The van der Waals surface area contributed by atoms with E-state index >= 15 is 0 Å². The lowest BCUT2D eigenvalue weighted by atomic mass is 10.0. The molecule has 4 aliphatic rings. The number of piperazine rings is 2. The zero-order valence-electron chi connectivity index (χ0n) is 34.6. The predicted molar refractivity (Wildman–Crippen MR) is 225 cm³/mol. The van der Waals surface area contributed by atoms with Crippen LogP contribution in [0.2, 0.25) is 0 Å². The molecule has 0 bridgehead atoms. The molecule has 4 saturated heterocycles. The minimum atomic E-state index is -0.627. The van der Waals surface area contributed by atoms with Gasteiger partial charge in [0.1, 0.15) is 11.6 Å². The van der Waals surface area contributed by atoms with E-state index in [1.54, 1.807) is 19.2 Å². The van der Waals surface area contributed by atoms with Gasteiger partial charge in [-0.15, -0.1) is 0 Å². The highest BCUT2D eigenvalue weighted by Crippen LogP contribution is 2.34. The second kappa shape index (κ2) is 21.2. The smallest absolute Gasteiger partial charge is 0.311 e. The second-order valence-electron chi connectivity index (χ2n) is 15.2. The Morgan fingerprint density at radius 3 is 1.36 bits per heavy atom. The molecule has 0 amide bonds. The first-order chi connectivity index (χ1) is 27.9. The van der Waals surface area contributed by atoms with Gasteiger partial charge in [-0.25, -0.2) is 4.39 Å². The van der Waals surface area contributed by atoms with Gasteiger partial charge < -0.3 is 39.5 Å². The number of hydrogen-bond acceptors (Lipinski definition) is 14. The molecular weight excluding hydrogens is 750 g/mol. The molecule has 0 atom stereocenters. The van der Waals surface area contributed by atoms with Crippen LogP contribution < -0.4 is 29.7 Å². The lowest BCUT2D eigenvalue weighted by Crippen LogP contribution is -2.52. The van der Waals surface area contributed by atoms with Crippen molar-refractivity contribution in [1.29, 1.82) is 0 Å². The summed E-state index contributed by atoms with van der Waals surface area (Å²) in [6.45, 7) is 13.7. The number of nitro benzene ring substituents is 2. The van der Waals surface area contributed by atoms with Crippen molar-refractivity contribution >= 4 is 28.4 Å². The van der Waals surface area contributed by atoms with Crippen molar-refractivity contribution in [1.82, 2.24) is 19.6 Å². The van der Waals surface area contributed by atoms with Crippen molar-refractivity contribution in [3.05, 3.63) is 80.6 Å². The molecule has 3 aromatic carbocycles. The monoisotopic (exact) mass is 809 g/mol. The average molecular weight is 810 g/mol. The Balaban J connectivity index is 0.000000175. The highest BCUT2D eigenvalue weighted by molar-refractivity contribution is 5.62. The average Bonchev–Trinajstić information content (AvgIpc) is 3.24. The van der Waals surface area contributed by atoms with Crippen molar-refractivity contribution in [2.45, 2.75) is 37.8 Å². The van der Waals surface area contributed by atoms with E-state index in [2.05, 4.69) is 60.4 Å². The van der Waals surface area contributed by atoms with Gasteiger partial charge in [0.2, 0.25) is 0 Å². The van der Waals surface area contributed by atoms with Crippen LogP contribution in [-0.2, 0) is 0 Å². The van der Waals surface area contributed by atoms with Crippen molar-refractivity contribution in [3.63, 3.8) is 0 Å². The molecule has 3 aromatic rings. The fourth-order valence-electron chi connectivity index (χ4n) is 8.07. The Labute approximate surface area is 341 Å². The van der Waals surface area contributed by atoms with Gasteiger partial charge in [-0.1, -0.05) is 0 Å². The topological polar surface area (TPSA) is 159 Å². The summed E-state index contributed by atoms with van der Waals surface area (Å²) in [5, 5.41) is 21.3. The SMILES string of the molecule is COc1cc(F)ccc1[N+](=O)[O-].COc1cc(N2CCC(N3CCN(C)CC3)CC2)ccc1N.COc1cc(N2CCC(N3CCN(C)CC3)CC2)ccc1[N+](=O)[O-]. The van der Waals surface area contributed by atoms with E-state index in [1.165, 1.54) is 58.9 Å². The lowest BCUT2D eigenvalue weighted by Gasteiger charge is -2.42. The lowest BCUT2D eigenvalue weighted by molar-refractivity contribution is -0.385. The minimum Gasteiger partial charge on any atom is -0.495 e. The molecule has 4 heterocycles. The number of likely N-dealkylation sites (N-methyl/N-ethyl adjacent to an activating group) is 2. The first-order valence-electron chi connectivity index (χ1n) is 20.0. The van der Waals surface area contributed by atoms with Crippen LogP contribution in [0.1, 0.15) is 25.7 Å². The third-order valence-electron chi connectivity index (χ3n) is 11.7. The van der Waals surface area contributed by atoms with E-state index in [-0.39, 0.29) is 17.1 Å². The molecule has 58 heavy (non-hydrogen) atoms. The fourth-order valence-corrected chi connectivity index (χ4v) is 8.07. The van der Waals surface area contributed by atoms with Gasteiger partial charge in [-0.05, 0) is 64.0 Å². The minimum absolute atomic E-state index is 0.0218. The number of hydrogen-bond donors (Lipinski definition) is 1. The van der Waals surface area contributed by atoms with E-state index in [0.717, 1.165) is 101 Å². The summed E-state index contributed by atoms with van der Waals surface area (Å²) in [5.41, 5.74) is 8.63. The van der Waals surface area contributed by atoms with E-state index in [9.17, 15) is 24.6 Å². The van der Waals surface area contributed by atoms with Crippen molar-refractivity contribution in [3.8, 4) is 17.2 Å². The first-order valence-corrected chi connectivity index (χ1v) is 20.0. The van der Waals surface area contributed by atoms with Crippen LogP contribution in [0.4, 0.5) is 32.8 Å². The van der Waals surface area contributed by atoms with Gasteiger partial charge in [0, 0.05) is 132 Å². The molecule has 0 spiro atoms. The summed E-state index contributed by atoms with van der Waals surface area (Å²) in [5.74, 6) is 0.481. The Bertz CT molecular complexity index is 1790. The zero-order chi connectivity index (χ0) is 41.8. The van der Waals surface area contributed by atoms with E-state index in [4.69, 9.17) is 15.2 Å². The molecular formula is C41H60FN9O7. The number of nitrogen functional groups attached to an aromatic ring is 1. The van der Waals surface area contributed by atoms with Gasteiger partial charge in [0.25, 0.3) is 0 Å². The molecule has 0 unspecified atom stereocenters. The Morgan fingerprint density at radius 2 is 0.948 bits per heavy atom. The van der Waals surface area contributed by atoms with Crippen LogP contribution in [0.5, 0.6) is 17.2 Å². The van der Waals surface area contributed by atoms with E-state index < -0.39 is 15.7 Å². The van der Waals surface area contributed by atoms with Crippen molar-refractivity contribution in [2.75, 3.05) is 129 Å². The third-order valence-corrected chi connectivity index (χ3v) is 11.7. The maximum absolute atomic E-state index is 12.5. The van der Waals surface area contributed by atoms with Crippen LogP contribution in [0.15, 0.2) is 54.6 Å². The largest absolute Gasteiger partial charge is 0.495 e. The molecule has 16 nitrogen and oxygen atoms in total. The molecule has 4 fully saturated rings. The summed E-state index contributed by atoms with van der Waals surface area (Å²) in [4.78, 5) is 35.1. The Morgan fingerprint density at radius 1 is 0.569 bits per heavy atom. The summed E-state index contributed by atoms with van der Waals surface area (Å²) in [6.07, 6.45) is 4.78. The van der Waals surface area contributed by atoms with Crippen molar-refractivity contribution < 1.29 is 28.4 Å². The summed E-state index contributed by atoms with van der Waals surface area (Å²) < 4.78 is 27.6. The van der Waals surface area contributed by atoms with Gasteiger partial charge >= 0.3 is 11.4 Å².